The molecule has 0 aliphatic heterocycles. The van der Waals surface area contributed by atoms with E-state index in [4.69, 9.17) is 14.2 Å². The molecule has 0 aliphatic carbocycles. The summed E-state index contributed by atoms with van der Waals surface area (Å²) in [5, 5.41) is 0. The van der Waals surface area contributed by atoms with E-state index in [1.54, 1.807) is 49.8 Å². The second-order valence-electron chi connectivity index (χ2n) is 5.64. The van der Waals surface area contributed by atoms with E-state index in [0.29, 0.717) is 22.8 Å². The fourth-order valence-corrected chi connectivity index (χ4v) is 2.43. The first-order valence-corrected chi connectivity index (χ1v) is 8.32. The molecule has 0 N–H and O–H groups in total. The van der Waals surface area contributed by atoms with Gasteiger partial charge in [-0.2, -0.15) is 0 Å². The summed E-state index contributed by atoms with van der Waals surface area (Å²) >= 11 is 0. The summed E-state index contributed by atoms with van der Waals surface area (Å²) in [6, 6.07) is 15.9. The summed E-state index contributed by atoms with van der Waals surface area (Å²) in [7, 11) is 3.11. The molecule has 2 aromatic carbocycles. The van der Waals surface area contributed by atoms with Crippen molar-refractivity contribution >= 4 is 18.1 Å². The van der Waals surface area contributed by atoms with E-state index >= 15 is 0 Å². The van der Waals surface area contributed by atoms with Gasteiger partial charge in [-0.05, 0) is 59.7 Å². The summed E-state index contributed by atoms with van der Waals surface area (Å²) < 4.78 is 15.9. The fourth-order valence-electron chi connectivity index (χ4n) is 2.43. The standard InChI is InChI=1S/C22H19NO4/c1-25-19-8-6-18(7-9-19)22(24)27-20-10-5-17(15-21(20)26-2)4-3-16-11-13-23-14-12-16/h3-15H,1-2H3. The molecule has 0 unspecified atom stereocenters. The first kappa shape index (κ1) is 18.2. The van der Waals surface area contributed by atoms with Gasteiger partial charge in [0.15, 0.2) is 11.5 Å². The number of nitrogens with zero attached hydrogens (tertiary/aromatic N) is 1. The Morgan fingerprint density at radius 3 is 2.19 bits per heavy atom. The van der Waals surface area contributed by atoms with Crippen molar-refractivity contribution in [3.63, 3.8) is 0 Å². The van der Waals surface area contributed by atoms with Gasteiger partial charge in [-0.1, -0.05) is 18.2 Å². The number of aromatic nitrogens is 1. The van der Waals surface area contributed by atoms with Gasteiger partial charge in [-0.25, -0.2) is 4.79 Å². The average molecular weight is 361 g/mol. The normalized spacial score (nSPS) is 10.6. The third-order valence-electron chi connectivity index (χ3n) is 3.89. The lowest BCUT2D eigenvalue weighted by Gasteiger charge is -2.10. The molecule has 5 heteroatoms. The Labute approximate surface area is 157 Å². The van der Waals surface area contributed by atoms with Crippen molar-refractivity contribution < 1.29 is 19.0 Å². The zero-order valence-corrected chi connectivity index (χ0v) is 15.1. The van der Waals surface area contributed by atoms with Crippen molar-refractivity contribution in [2.45, 2.75) is 0 Å². The van der Waals surface area contributed by atoms with Crippen LogP contribution in [0.3, 0.4) is 0 Å². The quantitative estimate of drug-likeness (QED) is 0.478. The molecule has 1 heterocycles. The highest BCUT2D eigenvalue weighted by molar-refractivity contribution is 5.91. The van der Waals surface area contributed by atoms with Crippen LogP contribution in [0, 0.1) is 0 Å². The molecule has 27 heavy (non-hydrogen) atoms. The molecular formula is C22H19NO4. The number of hydrogen-bond acceptors (Lipinski definition) is 5. The smallest absolute Gasteiger partial charge is 0.343 e. The molecule has 3 rings (SSSR count). The van der Waals surface area contributed by atoms with Gasteiger partial charge in [0.1, 0.15) is 5.75 Å². The van der Waals surface area contributed by atoms with E-state index < -0.39 is 5.97 Å². The Kier molecular flexibility index (Phi) is 5.84. The van der Waals surface area contributed by atoms with E-state index in [-0.39, 0.29) is 0 Å². The predicted molar refractivity (Wildman–Crippen MR) is 104 cm³/mol. The SMILES string of the molecule is COc1ccc(C(=O)Oc2ccc(C=Cc3ccncc3)cc2OC)cc1. The fraction of sp³-hybridized carbons (Fsp3) is 0.0909. The average Bonchev–Trinajstić information content (AvgIpc) is 2.73. The van der Waals surface area contributed by atoms with Gasteiger partial charge in [0.2, 0.25) is 0 Å². The number of esters is 1. The monoisotopic (exact) mass is 361 g/mol. The Morgan fingerprint density at radius 1 is 0.815 bits per heavy atom. The summed E-state index contributed by atoms with van der Waals surface area (Å²) in [4.78, 5) is 16.3. The van der Waals surface area contributed by atoms with Crippen molar-refractivity contribution in [1.29, 1.82) is 0 Å². The molecule has 0 saturated carbocycles. The maximum atomic E-state index is 12.3. The topological polar surface area (TPSA) is 57.7 Å². The molecule has 0 atom stereocenters. The second kappa shape index (κ2) is 8.67. The zero-order chi connectivity index (χ0) is 19.1. The number of hydrogen-bond donors (Lipinski definition) is 0. The first-order chi connectivity index (χ1) is 13.2. The molecule has 5 nitrogen and oxygen atoms in total. The van der Waals surface area contributed by atoms with E-state index in [2.05, 4.69) is 4.98 Å². The molecule has 0 saturated heterocycles. The molecule has 136 valence electrons. The highest BCUT2D eigenvalue weighted by atomic mass is 16.6. The molecule has 0 amide bonds. The van der Waals surface area contributed by atoms with Crippen LogP contribution in [0.25, 0.3) is 12.2 Å². The van der Waals surface area contributed by atoms with Crippen LogP contribution in [0.4, 0.5) is 0 Å². The highest BCUT2D eigenvalue weighted by Gasteiger charge is 2.12. The first-order valence-electron chi connectivity index (χ1n) is 8.32. The van der Waals surface area contributed by atoms with Crippen molar-refractivity contribution in [2.24, 2.45) is 0 Å². The van der Waals surface area contributed by atoms with Crippen molar-refractivity contribution in [2.75, 3.05) is 14.2 Å². The van der Waals surface area contributed by atoms with Gasteiger partial charge in [-0.3, -0.25) is 4.98 Å². The van der Waals surface area contributed by atoms with Crippen LogP contribution in [0.1, 0.15) is 21.5 Å². The number of benzene rings is 2. The third kappa shape index (κ3) is 4.73. The van der Waals surface area contributed by atoms with E-state index in [1.807, 2.05) is 36.4 Å². The van der Waals surface area contributed by atoms with Gasteiger partial charge >= 0.3 is 5.97 Å². The predicted octanol–water partition coefficient (Wildman–Crippen LogP) is 4.49. The van der Waals surface area contributed by atoms with Crippen molar-refractivity contribution in [3.8, 4) is 17.2 Å². The lowest BCUT2D eigenvalue weighted by molar-refractivity contribution is 0.0729. The van der Waals surface area contributed by atoms with Gasteiger partial charge in [0.25, 0.3) is 0 Å². The molecule has 1 aromatic heterocycles. The van der Waals surface area contributed by atoms with Gasteiger partial charge < -0.3 is 14.2 Å². The van der Waals surface area contributed by atoms with E-state index in [1.165, 1.54) is 7.11 Å². The number of methoxy groups -OCH3 is 2. The van der Waals surface area contributed by atoms with Crippen LogP contribution in [0.5, 0.6) is 17.2 Å². The van der Waals surface area contributed by atoms with E-state index in [9.17, 15) is 4.79 Å². The zero-order valence-electron chi connectivity index (χ0n) is 15.1. The number of ether oxygens (including phenoxy) is 3. The highest BCUT2D eigenvalue weighted by Crippen LogP contribution is 2.29. The summed E-state index contributed by atoms with van der Waals surface area (Å²) in [6.07, 6.45) is 7.40. The van der Waals surface area contributed by atoms with Crippen LogP contribution in [0.15, 0.2) is 67.0 Å². The maximum Gasteiger partial charge on any atom is 0.343 e. The largest absolute Gasteiger partial charge is 0.497 e. The van der Waals surface area contributed by atoms with E-state index in [0.717, 1.165) is 11.1 Å². The molecule has 3 aromatic rings. The Morgan fingerprint density at radius 2 is 1.52 bits per heavy atom. The molecule has 0 aliphatic rings. The minimum atomic E-state index is -0.462. The minimum Gasteiger partial charge on any atom is -0.497 e. The Balaban J connectivity index is 1.75. The number of pyridine rings is 1. The number of rotatable bonds is 6. The van der Waals surface area contributed by atoms with Crippen LogP contribution in [-0.4, -0.2) is 25.2 Å². The third-order valence-corrected chi connectivity index (χ3v) is 3.89. The molecule has 0 spiro atoms. The van der Waals surface area contributed by atoms with Crippen LogP contribution in [0.2, 0.25) is 0 Å². The minimum absolute atomic E-state index is 0.361. The number of carbonyl (C=O) groups is 1. The van der Waals surface area contributed by atoms with Gasteiger partial charge in [0, 0.05) is 12.4 Å². The van der Waals surface area contributed by atoms with Crippen LogP contribution >= 0.6 is 0 Å². The van der Waals surface area contributed by atoms with Crippen molar-refractivity contribution in [3.05, 3.63) is 83.7 Å². The van der Waals surface area contributed by atoms with Gasteiger partial charge in [0.05, 0.1) is 19.8 Å². The summed E-state index contributed by atoms with van der Waals surface area (Å²) in [5.74, 6) is 1.05. The van der Waals surface area contributed by atoms with Gasteiger partial charge in [-0.15, -0.1) is 0 Å². The second-order valence-corrected chi connectivity index (χ2v) is 5.64. The molecule has 0 radical (unpaired) electrons. The number of carbonyl (C=O) groups excluding carboxylic acids is 1. The van der Waals surface area contributed by atoms with Crippen LogP contribution in [-0.2, 0) is 0 Å². The molecular weight excluding hydrogens is 342 g/mol. The maximum absolute atomic E-state index is 12.3. The van der Waals surface area contributed by atoms with Crippen molar-refractivity contribution in [1.82, 2.24) is 4.98 Å². The van der Waals surface area contributed by atoms with Crippen LogP contribution < -0.4 is 14.2 Å². The molecule has 0 bridgehead atoms. The lowest BCUT2D eigenvalue weighted by atomic mass is 10.1. The Hall–Kier alpha value is -3.60. The Bertz CT molecular complexity index is 934. The molecule has 0 fully saturated rings. The summed E-state index contributed by atoms with van der Waals surface area (Å²) in [6.45, 7) is 0. The summed E-state index contributed by atoms with van der Waals surface area (Å²) in [5.41, 5.74) is 2.39. The lowest BCUT2D eigenvalue weighted by Crippen LogP contribution is -2.09.